The lowest BCUT2D eigenvalue weighted by atomic mass is 9.79. The molecule has 8 heteroatoms. The third-order valence-electron chi connectivity index (χ3n) is 9.69. The van der Waals surface area contributed by atoms with Gasteiger partial charge in [0, 0.05) is 41.5 Å². The first-order chi connectivity index (χ1) is 20.4. The third-order valence-corrected chi connectivity index (χ3v) is 9.69. The van der Waals surface area contributed by atoms with E-state index in [0.29, 0.717) is 50.1 Å². The molecule has 222 valence electrons. The van der Waals surface area contributed by atoms with E-state index < -0.39 is 5.97 Å². The Morgan fingerprint density at radius 1 is 0.952 bits per heavy atom. The topological polar surface area (TPSA) is 97.6 Å². The molecule has 0 saturated heterocycles. The lowest BCUT2D eigenvalue weighted by Crippen LogP contribution is -2.41. The number of carbonyl (C=O) groups is 2. The van der Waals surface area contributed by atoms with Crippen LogP contribution in [0.15, 0.2) is 48.8 Å². The van der Waals surface area contributed by atoms with Gasteiger partial charge in [0.15, 0.2) is 0 Å². The first-order valence-electron chi connectivity index (χ1n) is 15.6. The van der Waals surface area contributed by atoms with Crippen molar-refractivity contribution in [3.8, 4) is 16.9 Å². The van der Waals surface area contributed by atoms with E-state index in [1.807, 2.05) is 36.2 Å². The van der Waals surface area contributed by atoms with Crippen LogP contribution in [0.4, 0.5) is 5.69 Å². The summed E-state index contributed by atoms with van der Waals surface area (Å²) in [6, 6.07) is 12.9. The van der Waals surface area contributed by atoms with Crippen LogP contribution in [-0.2, 0) is 9.59 Å². The number of nitrogens with zero attached hydrogens (tertiary/aromatic N) is 4. The Hall–Kier alpha value is -3.68. The van der Waals surface area contributed by atoms with Crippen LogP contribution in [0.2, 0.25) is 0 Å². The average Bonchev–Trinajstić information content (AvgIpc) is 3.75. The van der Waals surface area contributed by atoms with E-state index in [9.17, 15) is 14.7 Å². The molecular weight excluding hydrogens is 528 g/mol. The van der Waals surface area contributed by atoms with Crippen molar-refractivity contribution < 1.29 is 19.4 Å². The smallest absolute Gasteiger partial charge is 0.306 e. The highest BCUT2D eigenvalue weighted by atomic mass is 16.5. The van der Waals surface area contributed by atoms with Crippen molar-refractivity contribution in [3.63, 3.8) is 0 Å². The zero-order valence-electron chi connectivity index (χ0n) is 24.7. The van der Waals surface area contributed by atoms with Gasteiger partial charge in [-0.3, -0.25) is 19.3 Å². The molecular formula is C34H42N4O4. The van der Waals surface area contributed by atoms with Crippen LogP contribution in [0.25, 0.3) is 11.1 Å². The van der Waals surface area contributed by atoms with Crippen molar-refractivity contribution in [2.24, 2.45) is 17.8 Å². The SMILES string of the molecule is COc1ccc([C@H]2CC[C@H](CN(c3cccc(-c4cnn(C5CC5)c4)c3)C(=O)[C@H]3CC[C@H](C(=O)O)CC3)CC2)nc1C. The number of methoxy groups -OCH3 is 1. The number of ether oxygens (including phenoxy) is 1. The molecule has 3 aromatic rings. The molecule has 0 bridgehead atoms. The third kappa shape index (κ3) is 6.22. The van der Waals surface area contributed by atoms with Crippen molar-refractivity contribution in [3.05, 3.63) is 60.2 Å². The van der Waals surface area contributed by atoms with Crippen molar-refractivity contribution >= 4 is 17.6 Å². The minimum absolute atomic E-state index is 0.135. The van der Waals surface area contributed by atoms with Gasteiger partial charge in [-0.15, -0.1) is 0 Å². The molecule has 42 heavy (non-hydrogen) atoms. The molecule has 0 atom stereocenters. The number of hydrogen-bond acceptors (Lipinski definition) is 5. The highest BCUT2D eigenvalue weighted by molar-refractivity contribution is 5.96. The van der Waals surface area contributed by atoms with Gasteiger partial charge in [-0.1, -0.05) is 12.1 Å². The fourth-order valence-corrected chi connectivity index (χ4v) is 6.92. The van der Waals surface area contributed by atoms with E-state index in [2.05, 4.69) is 34.2 Å². The molecule has 8 nitrogen and oxygen atoms in total. The lowest BCUT2D eigenvalue weighted by Gasteiger charge is -2.36. The molecule has 0 spiro atoms. The number of carboxylic acids is 1. The number of benzene rings is 1. The molecule has 1 amide bonds. The number of pyridine rings is 1. The Bertz CT molecular complexity index is 1410. The number of aliphatic carboxylic acids is 1. The van der Waals surface area contributed by atoms with Crippen LogP contribution >= 0.6 is 0 Å². The second-order valence-electron chi connectivity index (χ2n) is 12.6. The second kappa shape index (κ2) is 12.3. The molecule has 1 N–H and O–H groups in total. The second-order valence-corrected chi connectivity index (χ2v) is 12.6. The molecule has 3 saturated carbocycles. The highest BCUT2D eigenvalue weighted by Gasteiger charge is 2.34. The van der Waals surface area contributed by atoms with Crippen molar-refractivity contribution in [1.82, 2.24) is 14.8 Å². The lowest BCUT2D eigenvalue weighted by molar-refractivity contribution is -0.144. The van der Waals surface area contributed by atoms with E-state index in [1.165, 1.54) is 12.8 Å². The number of amides is 1. The van der Waals surface area contributed by atoms with Crippen LogP contribution in [0.1, 0.15) is 87.6 Å². The summed E-state index contributed by atoms with van der Waals surface area (Å²) in [5, 5.41) is 14.1. The Morgan fingerprint density at radius 2 is 1.69 bits per heavy atom. The molecule has 3 aliphatic carbocycles. The summed E-state index contributed by atoms with van der Waals surface area (Å²) in [6.45, 7) is 2.68. The van der Waals surface area contributed by atoms with E-state index in [-0.39, 0.29) is 17.7 Å². The Balaban J connectivity index is 1.19. The molecule has 3 fully saturated rings. The van der Waals surface area contributed by atoms with Crippen LogP contribution < -0.4 is 9.64 Å². The zero-order valence-corrected chi connectivity index (χ0v) is 24.7. The van der Waals surface area contributed by atoms with Crippen LogP contribution in [0.5, 0.6) is 5.75 Å². The predicted molar refractivity (Wildman–Crippen MR) is 162 cm³/mol. The van der Waals surface area contributed by atoms with Gasteiger partial charge in [0.1, 0.15) is 5.75 Å². The summed E-state index contributed by atoms with van der Waals surface area (Å²) in [4.78, 5) is 32.5. The van der Waals surface area contributed by atoms with Crippen LogP contribution in [0.3, 0.4) is 0 Å². The zero-order chi connectivity index (χ0) is 29.2. The van der Waals surface area contributed by atoms with Crippen molar-refractivity contribution in [2.45, 2.75) is 83.1 Å². The largest absolute Gasteiger partial charge is 0.495 e. The van der Waals surface area contributed by atoms with Gasteiger partial charge >= 0.3 is 5.97 Å². The summed E-state index contributed by atoms with van der Waals surface area (Å²) in [7, 11) is 1.68. The number of aromatic nitrogens is 3. The maximum absolute atomic E-state index is 14.1. The summed E-state index contributed by atoms with van der Waals surface area (Å²) < 4.78 is 7.46. The quantitative estimate of drug-likeness (QED) is 0.304. The average molecular weight is 571 g/mol. The monoisotopic (exact) mass is 570 g/mol. The molecule has 0 radical (unpaired) electrons. The molecule has 2 aromatic heterocycles. The number of rotatable bonds is 9. The summed E-state index contributed by atoms with van der Waals surface area (Å²) in [6.07, 6.45) is 13.0. The Kier molecular flexibility index (Phi) is 8.31. The standard InChI is InChI=1S/C34H42N4O4/c1-22-32(42-2)17-16-31(36-22)24-8-6-23(7-9-24)20-37(33(39)25-10-12-26(13-11-25)34(40)41)30-5-3-4-27(18-30)28-19-35-38(21-28)29-14-15-29/h3-5,16-19,21,23-26,29H,6-15,20H2,1-2H3,(H,40,41)/t23-,24-,25-,26-. The fraction of sp³-hybridized carbons (Fsp3) is 0.529. The van der Waals surface area contributed by atoms with Gasteiger partial charge in [-0.2, -0.15) is 5.10 Å². The Labute approximate surface area is 248 Å². The van der Waals surface area contributed by atoms with Gasteiger partial charge < -0.3 is 14.7 Å². The van der Waals surface area contributed by atoms with E-state index in [1.54, 1.807) is 7.11 Å². The van der Waals surface area contributed by atoms with Gasteiger partial charge in [0.2, 0.25) is 5.91 Å². The van der Waals surface area contributed by atoms with Crippen LogP contribution in [-0.4, -0.2) is 45.4 Å². The van der Waals surface area contributed by atoms with Crippen molar-refractivity contribution in [1.29, 1.82) is 0 Å². The number of hydrogen-bond donors (Lipinski definition) is 1. The first kappa shape index (κ1) is 28.4. The van der Waals surface area contributed by atoms with E-state index in [0.717, 1.165) is 59.6 Å². The first-order valence-corrected chi connectivity index (χ1v) is 15.6. The Morgan fingerprint density at radius 3 is 2.36 bits per heavy atom. The predicted octanol–water partition coefficient (Wildman–Crippen LogP) is 6.80. The molecule has 1 aromatic carbocycles. The molecule has 0 aliphatic heterocycles. The van der Waals surface area contributed by atoms with Gasteiger partial charge in [0.05, 0.1) is 31.0 Å². The minimum Gasteiger partial charge on any atom is -0.495 e. The fourth-order valence-electron chi connectivity index (χ4n) is 6.92. The highest BCUT2D eigenvalue weighted by Crippen LogP contribution is 2.39. The maximum Gasteiger partial charge on any atom is 0.306 e. The summed E-state index contributed by atoms with van der Waals surface area (Å²) in [5.74, 6) is 0.577. The summed E-state index contributed by atoms with van der Waals surface area (Å²) >= 11 is 0. The van der Waals surface area contributed by atoms with Crippen LogP contribution in [0, 0.1) is 24.7 Å². The minimum atomic E-state index is -0.740. The van der Waals surface area contributed by atoms with Gasteiger partial charge in [-0.05, 0) is 107 Å². The summed E-state index contributed by atoms with van der Waals surface area (Å²) in [5.41, 5.74) is 5.12. The van der Waals surface area contributed by atoms with E-state index in [4.69, 9.17) is 9.72 Å². The van der Waals surface area contributed by atoms with E-state index >= 15 is 0 Å². The van der Waals surface area contributed by atoms with Crippen molar-refractivity contribution in [2.75, 3.05) is 18.6 Å². The number of carbonyl (C=O) groups excluding carboxylic acids is 1. The number of anilines is 1. The molecule has 2 heterocycles. The number of carboxylic acid groups (broad SMARTS) is 1. The van der Waals surface area contributed by atoms with Gasteiger partial charge in [0.25, 0.3) is 0 Å². The normalized spacial score (nSPS) is 24.2. The molecule has 6 rings (SSSR count). The number of aryl methyl sites for hydroxylation is 1. The molecule has 0 unspecified atom stereocenters. The van der Waals surface area contributed by atoms with Gasteiger partial charge in [-0.25, -0.2) is 0 Å². The molecule has 3 aliphatic rings. The maximum atomic E-state index is 14.1.